The quantitative estimate of drug-likeness (QED) is 0.163. The monoisotopic (exact) mass is 600 g/mol. The van der Waals surface area contributed by atoms with Crippen molar-refractivity contribution < 1.29 is 9.59 Å². The van der Waals surface area contributed by atoms with Gasteiger partial charge in [0.15, 0.2) is 0 Å². The molecule has 0 radical (unpaired) electrons. The minimum Gasteiger partial charge on any atom is -0.352 e. The molecule has 196 valence electrons. The zero-order valence-electron chi connectivity index (χ0n) is 21.3. The molecule has 0 saturated carbocycles. The summed E-state index contributed by atoms with van der Waals surface area (Å²) in [6, 6.07) is 25.0. The Bertz CT molecular complexity index is 1140. The van der Waals surface area contributed by atoms with Crippen LogP contribution in [0.2, 0.25) is 5.02 Å². The number of amides is 2. The maximum absolute atomic E-state index is 13.7. The molecule has 1 N–H and O–H groups in total. The van der Waals surface area contributed by atoms with Gasteiger partial charge in [0, 0.05) is 39.8 Å². The lowest BCUT2D eigenvalue weighted by atomic mass is 10.0. The van der Waals surface area contributed by atoms with Gasteiger partial charge in [-0.1, -0.05) is 76.9 Å². The van der Waals surface area contributed by atoms with Crippen LogP contribution in [0.1, 0.15) is 44.2 Å². The van der Waals surface area contributed by atoms with Crippen molar-refractivity contribution in [2.45, 2.75) is 63.1 Å². The lowest BCUT2D eigenvalue weighted by molar-refractivity contribution is -0.141. The van der Waals surface area contributed by atoms with Gasteiger partial charge in [0.25, 0.3) is 0 Å². The van der Waals surface area contributed by atoms with Crippen LogP contribution in [0.3, 0.4) is 0 Å². The summed E-state index contributed by atoms with van der Waals surface area (Å²) in [6.07, 6.45) is 2.37. The van der Waals surface area contributed by atoms with Crippen LogP contribution in [0.5, 0.6) is 0 Å². The molecule has 0 saturated heterocycles. The number of nitrogens with one attached hydrogen (secondary N) is 1. The molecule has 3 aromatic carbocycles. The molecule has 0 heterocycles. The van der Waals surface area contributed by atoms with E-state index >= 15 is 0 Å². The maximum Gasteiger partial charge on any atom is 0.243 e. The zero-order valence-corrected chi connectivity index (χ0v) is 24.5. The number of benzene rings is 3. The molecule has 0 aliphatic carbocycles. The summed E-state index contributed by atoms with van der Waals surface area (Å²) in [5.74, 6) is 0.676. The third-order valence-electron chi connectivity index (χ3n) is 6.13. The van der Waals surface area contributed by atoms with E-state index in [2.05, 4.69) is 21.2 Å². The SMILES string of the molecule is CC[C@H](C)NC(=O)[C@@H](Cc1ccccc1)N(Cc1cccc(Br)c1)C(=O)CCCSc1ccc(Cl)cc1. The summed E-state index contributed by atoms with van der Waals surface area (Å²) in [4.78, 5) is 30.1. The molecule has 0 aromatic heterocycles. The molecule has 0 aliphatic rings. The largest absolute Gasteiger partial charge is 0.352 e. The van der Waals surface area contributed by atoms with Gasteiger partial charge in [-0.05, 0) is 73.0 Å². The van der Waals surface area contributed by atoms with Crippen molar-refractivity contribution in [1.82, 2.24) is 10.2 Å². The first-order valence-electron chi connectivity index (χ1n) is 12.6. The Hall–Kier alpha value is -2.28. The van der Waals surface area contributed by atoms with E-state index in [-0.39, 0.29) is 17.9 Å². The normalized spacial score (nSPS) is 12.5. The van der Waals surface area contributed by atoms with Crippen LogP contribution in [-0.2, 0) is 22.6 Å². The number of thioether (sulfide) groups is 1. The lowest BCUT2D eigenvalue weighted by Crippen LogP contribution is -2.52. The van der Waals surface area contributed by atoms with Gasteiger partial charge in [0.2, 0.25) is 11.8 Å². The standard InChI is InChI=1S/C30H34BrClN2O2S/c1-3-22(2)33-30(36)28(20-23-9-5-4-6-10-23)34(21-24-11-7-12-25(31)19-24)29(35)13-8-18-37-27-16-14-26(32)15-17-27/h4-7,9-12,14-17,19,22,28H,3,8,13,18,20-21H2,1-2H3,(H,33,36)/t22-,28+/m0/s1. The average molecular weight is 602 g/mol. The second-order valence-electron chi connectivity index (χ2n) is 9.08. The van der Waals surface area contributed by atoms with Crippen LogP contribution >= 0.6 is 39.3 Å². The second kappa shape index (κ2) is 15.2. The van der Waals surface area contributed by atoms with E-state index in [4.69, 9.17) is 11.6 Å². The first-order chi connectivity index (χ1) is 17.9. The predicted octanol–water partition coefficient (Wildman–Crippen LogP) is 7.53. The first-order valence-corrected chi connectivity index (χ1v) is 14.8. The Morgan fingerprint density at radius 2 is 1.70 bits per heavy atom. The Morgan fingerprint density at radius 1 is 1.00 bits per heavy atom. The van der Waals surface area contributed by atoms with Crippen molar-refractivity contribution >= 4 is 51.1 Å². The molecule has 2 atom stereocenters. The van der Waals surface area contributed by atoms with Gasteiger partial charge in [0.1, 0.15) is 6.04 Å². The minimum absolute atomic E-state index is 0.0167. The predicted molar refractivity (Wildman–Crippen MR) is 158 cm³/mol. The molecule has 37 heavy (non-hydrogen) atoms. The van der Waals surface area contributed by atoms with Crippen LogP contribution in [0.4, 0.5) is 0 Å². The van der Waals surface area contributed by atoms with E-state index in [0.29, 0.717) is 30.8 Å². The van der Waals surface area contributed by atoms with Gasteiger partial charge < -0.3 is 10.2 Å². The molecule has 3 aromatic rings. The van der Waals surface area contributed by atoms with Gasteiger partial charge in [-0.15, -0.1) is 11.8 Å². The van der Waals surface area contributed by atoms with Gasteiger partial charge in [-0.25, -0.2) is 0 Å². The fourth-order valence-corrected chi connectivity index (χ4v) is 5.34. The molecule has 2 amide bonds. The highest BCUT2D eigenvalue weighted by Crippen LogP contribution is 2.23. The molecule has 0 aliphatic heterocycles. The first kappa shape index (κ1) is 29.3. The summed E-state index contributed by atoms with van der Waals surface area (Å²) in [7, 11) is 0. The van der Waals surface area contributed by atoms with Crippen molar-refractivity contribution in [2.75, 3.05) is 5.75 Å². The van der Waals surface area contributed by atoms with Crippen molar-refractivity contribution in [3.05, 3.63) is 99.5 Å². The molecule has 0 spiro atoms. The Morgan fingerprint density at radius 3 is 2.38 bits per heavy atom. The molecule has 3 rings (SSSR count). The summed E-state index contributed by atoms with van der Waals surface area (Å²) in [6.45, 7) is 4.40. The van der Waals surface area contributed by atoms with Crippen LogP contribution < -0.4 is 5.32 Å². The Labute approximate surface area is 238 Å². The summed E-state index contributed by atoms with van der Waals surface area (Å²) < 4.78 is 0.945. The highest BCUT2D eigenvalue weighted by molar-refractivity contribution is 9.10. The van der Waals surface area contributed by atoms with Gasteiger partial charge in [-0.2, -0.15) is 0 Å². The number of carbonyl (C=O) groups excluding carboxylic acids is 2. The molecule has 7 heteroatoms. The van der Waals surface area contributed by atoms with Gasteiger partial charge in [-0.3, -0.25) is 9.59 Å². The van der Waals surface area contributed by atoms with E-state index in [0.717, 1.165) is 32.7 Å². The van der Waals surface area contributed by atoms with Crippen molar-refractivity contribution in [3.8, 4) is 0 Å². The third-order valence-corrected chi connectivity index (χ3v) is 7.97. The topological polar surface area (TPSA) is 49.4 Å². The zero-order chi connectivity index (χ0) is 26.6. The molecular formula is C30H34BrClN2O2S. The molecule has 0 unspecified atom stereocenters. The summed E-state index contributed by atoms with van der Waals surface area (Å²) in [5, 5.41) is 3.83. The smallest absolute Gasteiger partial charge is 0.243 e. The van der Waals surface area contributed by atoms with Crippen LogP contribution in [0, 0.1) is 0 Å². The number of halogens is 2. The number of nitrogens with zero attached hydrogens (tertiary/aromatic N) is 1. The van der Waals surface area contributed by atoms with E-state index in [9.17, 15) is 9.59 Å². The van der Waals surface area contributed by atoms with Crippen LogP contribution in [0.15, 0.2) is 88.2 Å². The molecule has 0 bridgehead atoms. The number of carbonyl (C=O) groups is 2. The Balaban J connectivity index is 1.79. The fraction of sp³-hybridized carbons (Fsp3) is 0.333. The van der Waals surface area contributed by atoms with Crippen LogP contribution in [0.25, 0.3) is 0 Å². The average Bonchev–Trinajstić information content (AvgIpc) is 2.90. The van der Waals surface area contributed by atoms with Crippen LogP contribution in [-0.4, -0.2) is 34.6 Å². The summed E-state index contributed by atoms with van der Waals surface area (Å²) in [5.41, 5.74) is 2.00. The maximum atomic E-state index is 13.7. The van der Waals surface area contributed by atoms with Gasteiger partial charge >= 0.3 is 0 Å². The van der Waals surface area contributed by atoms with E-state index in [1.165, 1.54) is 0 Å². The molecule has 4 nitrogen and oxygen atoms in total. The number of rotatable bonds is 13. The minimum atomic E-state index is -0.605. The van der Waals surface area contributed by atoms with E-state index in [1.807, 2.05) is 92.7 Å². The number of hydrogen-bond acceptors (Lipinski definition) is 3. The lowest BCUT2D eigenvalue weighted by Gasteiger charge is -2.32. The highest BCUT2D eigenvalue weighted by Gasteiger charge is 2.30. The fourth-order valence-electron chi connectivity index (χ4n) is 3.91. The summed E-state index contributed by atoms with van der Waals surface area (Å²) >= 11 is 11.2. The molecular weight excluding hydrogens is 568 g/mol. The Kier molecular flexibility index (Phi) is 12.0. The van der Waals surface area contributed by atoms with E-state index in [1.54, 1.807) is 16.7 Å². The third kappa shape index (κ3) is 9.84. The number of hydrogen-bond donors (Lipinski definition) is 1. The van der Waals surface area contributed by atoms with Gasteiger partial charge in [0.05, 0.1) is 0 Å². The highest BCUT2D eigenvalue weighted by atomic mass is 79.9. The second-order valence-corrected chi connectivity index (χ2v) is 11.6. The van der Waals surface area contributed by atoms with Crippen molar-refractivity contribution in [2.24, 2.45) is 0 Å². The van der Waals surface area contributed by atoms with E-state index < -0.39 is 6.04 Å². The molecule has 0 fully saturated rings. The van der Waals surface area contributed by atoms with Crippen molar-refractivity contribution in [3.63, 3.8) is 0 Å². The van der Waals surface area contributed by atoms with Crippen molar-refractivity contribution in [1.29, 1.82) is 0 Å².